The van der Waals surface area contributed by atoms with E-state index in [0.717, 1.165) is 5.56 Å². The fourth-order valence-electron chi connectivity index (χ4n) is 1.61. The lowest BCUT2D eigenvalue weighted by atomic mass is 10.2. The summed E-state index contributed by atoms with van der Waals surface area (Å²) in [5, 5.41) is 0.672. The highest BCUT2D eigenvalue weighted by Gasteiger charge is 2.19. The molecule has 0 unspecified atom stereocenters. The van der Waals surface area contributed by atoms with Gasteiger partial charge in [-0.25, -0.2) is 12.7 Å². The van der Waals surface area contributed by atoms with E-state index < -0.39 is 10.0 Å². The van der Waals surface area contributed by atoms with Crippen molar-refractivity contribution in [2.45, 2.75) is 13.3 Å². The van der Waals surface area contributed by atoms with Crippen LogP contribution in [0.2, 0.25) is 0 Å². The van der Waals surface area contributed by atoms with Crippen molar-refractivity contribution < 1.29 is 8.42 Å². The molecule has 0 N–H and O–H groups in total. The highest BCUT2D eigenvalue weighted by Crippen LogP contribution is 2.07. The largest absolute Gasteiger partial charge is 0.214 e. The SMILES string of the molecule is CCN(CCBr)S(=O)(=O)CCc1ccccc1. The minimum absolute atomic E-state index is 0.178. The van der Waals surface area contributed by atoms with E-state index in [4.69, 9.17) is 0 Å². The van der Waals surface area contributed by atoms with Crippen molar-refractivity contribution in [3.8, 4) is 0 Å². The lowest BCUT2D eigenvalue weighted by molar-refractivity contribution is 0.448. The Labute approximate surface area is 112 Å². The van der Waals surface area contributed by atoms with Gasteiger partial charge in [0.2, 0.25) is 10.0 Å². The van der Waals surface area contributed by atoms with E-state index in [1.165, 1.54) is 4.31 Å². The van der Waals surface area contributed by atoms with E-state index in [-0.39, 0.29) is 5.75 Å². The molecule has 1 rings (SSSR count). The van der Waals surface area contributed by atoms with Gasteiger partial charge >= 0.3 is 0 Å². The predicted molar refractivity (Wildman–Crippen MR) is 75.0 cm³/mol. The summed E-state index contributed by atoms with van der Waals surface area (Å²) in [4.78, 5) is 0. The normalized spacial score (nSPS) is 11.9. The van der Waals surface area contributed by atoms with Crippen molar-refractivity contribution in [2.75, 3.05) is 24.2 Å². The molecular formula is C12H18BrNO2S. The first-order chi connectivity index (χ1) is 8.10. The van der Waals surface area contributed by atoms with Crippen LogP contribution in [-0.2, 0) is 16.4 Å². The second kappa shape index (κ2) is 7.13. The van der Waals surface area contributed by atoms with Gasteiger partial charge in [-0.3, -0.25) is 0 Å². The lowest BCUT2D eigenvalue weighted by Crippen LogP contribution is -2.34. The van der Waals surface area contributed by atoms with Gasteiger partial charge in [0.05, 0.1) is 5.75 Å². The Morgan fingerprint density at radius 3 is 2.41 bits per heavy atom. The van der Waals surface area contributed by atoms with Gasteiger partial charge in [0.25, 0.3) is 0 Å². The van der Waals surface area contributed by atoms with Crippen LogP contribution in [0.3, 0.4) is 0 Å². The van der Waals surface area contributed by atoms with E-state index in [1.807, 2.05) is 37.3 Å². The highest BCUT2D eigenvalue weighted by molar-refractivity contribution is 9.09. The average Bonchev–Trinajstić information content (AvgIpc) is 2.34. The molecule has 5 heteroatoms. The van der Waals surface area contributed by atoms with Crippen molar-refractivity contribution >= 4 is 26.0 Å². The molecule has 0 amide bonds. The predicted octanol–water partition coefficient (Wildman–Crippen LogP) is 2.28. The number of sulfonamides is 1. The van der Waals surface area contributed by atoms with E-state index in [2.05, 4.69) is 15.9 Å². The molecule has 0 heterocycles. The first-order valence-electron chi connectivity index (χ1n) is 5.68. The molecule has 0 atom stereocenters. The summed E-state index contributed by atoms with van der Waals surface area (Å²) in [6.07, 6.45) is 0.571. The first-order valence-corrected chi connectivity index (χ1v) is 8.41. The summed E-state index contributed by atoms with van der Waals surface area (Å²) in [6, 6.07) is 9.70. The Kier molecular flexibility index (Phi) is 6.16. The third kappa shape index (κ3) is 4.77. The Bertz CT molecular complexity index is 419. The molecule has 0 fully saturated rings. The van der Waals surface area contributed by atoms with Crippen LogP contribution in [-0.4, -0.2) is 36.9 Å². The summed E-state index contributed by atoms with van der Waals surface area (Å²) >= 11 is 3.27. The van der Waals surface area contributed by atoms with Gasteiger partial charge in [-0.2, -0.15) is 0 Å². The number of alkyl halides is 1. The smallest absolute Gasteiger partial charge is 0.212 e. The standard InChI is InChI=1S/C12H18BrNO2S/c1-2-14(10-9-13)17(15,16)11-8-12-6-4-3-5-7-12/h3-7H,2,8-11H2,1H3. The minimum Gasteiger partial charge on any atom is -0.212 e. The molecule has 0 aliphatic carbocycles. The van der Waals surface area contributed by atoms with E-state index in [9.17, 15) is 8.42 Å². The van der Waals surface area contributed by atoms with Crippen LogP contribution in [0.1, 0.15) is 12.5 Å². The zero-order valence-corrected chi connectivity index (χ0v) is 12.4. The maximum atomic E-state index is 12.0. The molecule has 1 aromatic rings. The quantitative estimate of drug-likeness (QED) is 0.723. The molecule has 3 nitrogen and oxygen atoms in total. The maximum Gasteiger partial charge on any atom is 0.214 e. The molecule has 0 aromatic heterocycles. The van der Waals surface area contributed by atoms with Gasteiger partial charge in [0.1, 0.15) is 0 Å². The first kappa shape index (κ1) is 14.7. The molecule has 0 spiro atoms. The Hall–Kier alpha value is -0.390. The Morgan fingerprint density at radius 1 is 1.24 bits per heavy atom. The molecule has 1 aromatic carbocycles. The molecule has 96 valence electrons. The van der Waals surface area contributed by atoms with Crippen LogP contribution >= 0.6 is 15.9 Å². The number of aryl methyl sites for hydroxylation is 1. The zero-order chi connectivity index (χ0) is 12.7. The Morgan fingerprint density at radius 2 is 1.88 bits per heavy atom. The van der Waals surface area contributed by atoms with Crippen molar-refractivity contribution in [2.24, 2.45) is 0 Å². The van der Waals surface area contributed by atoms with Crippen LogP contribution in [0.4, 0.5) is 0 Å². The summed E-state index contributed by atoms with van der Waals surface area (Å²) in [5.41, 5.74) is 1.06. The van der Waals surface area contributed by atoms with Gasteiger partial charge in [-0.1, -0.05) is 53.2 Å². The summed E-state index contributed by atoms with van der Waals surface area (Å²) < 4.78 is 25.6. The van der Waals surface area contributed by atoms with Crippen molar-refractivity contribution in [1.29, 1.82) is 0 Å². The molecule has 17 heavy (non-hydrogen) atoms. The van der Waals surface area contributed by atoms with Crippen molar-refractivity contribution in [1.82, 2.24) is 4.31 Å². The molecule has 0 aliphatic heterocycles. The number of rotatable bonds is 7. The molecular weight excluding hydrogens is 302 g/mol. The fourth-order valence-corrected chi connectivity index (χ4v) is 3.79. The van der Waals surface area contributed by atoms with Crippen molar-refractivity contribution in [3.05, 3.63) is 35.9 Å². The second-order valence-corrected chi connectivity index (χ2v) is 6.61. The highest BCUT2D eigenvalue weighted by atomic mass is 79.9. The third-order valence-electron chi connectivity index (χ3n) is 2.57. The lowest BCUT2D eigenvalue weighted by Gasteiger charge is -2.19. The second-order valence-electron chi connectivity index (χ2n) is 3.73. The van der Waals surface area contributed by atoms with Crippen molar-refractivity contribution in [3.63, 3.8) is 0 Å². The minimum atomic E-state index is -3.13. The number of halogens is 1. The van der Waals surface area contributed by atoms with Crippen LogP contribution < -0.4 is 0 Å². The molecule has 0 saturated carbocycles. The molecule has 0 aliphatic rings. The molecule has 0 saturated heterocycles. The number of benzene rings is 1. The van der Waals surface area contributed by atoms with Crippen LogP contribution in [0.15, 0.2) is 30.3 Å². The van der Waals surface area contributed by atoms with Gasteiger partial charge in [0.15, 0.2) is 0 Å². The maximum absolute atomic E-state index is 12.0. The van der Waals surface area contributed by atoms with Gasteiger partial charge < -0.3 is 0 Å². The molecule has 0 bridgehead atoms. The monoisotopic (exact) mass is 319 g/mol. The van der Waals surface area contributed by atoms with E-state index in [0.29, 0.717) is 24.8 Å². The summed E-state index contributed by atoms with van der Waals surface area (Å²) in [5.74, 6) is 0.178. The van der Waals surface area contributed by atoms with Crippen LogP contribution in [0, 0.1) is 0 Å². The topological polar surface area (TPSA) is 37.4 Å². The van der Waals surface area contributed by atoms with Crippen LogP contribution in [0.5, 0.6) is 0 Å². The third-order valence-corrected chi connectivity index (χ3v) is 4.87. The molecule has 0 radical (unpaired) electrons. The summed E-state index contributed by atoms with van der Waals surface area (Å²) in [7, 11) is -3.13. The number of hydrogen-bond donors (Lipinski definition) is 0. The number of hydrogen-bond acceptors (Lipinski definition) is 2. The zero-order valence-electron chi connectivity index (χ0n) is 9.97. The average molecular weight is 320 g/mol. The van der Waals surface area contributed by atoms with E-state index in [1.54, 1.807) is 0 Å². The number of nitrogens with zero attached hydrogens (tertiary/aromatic N) is 1. The van der Waals surface area contributed by atoms with Gasteiger partial charge in [-0.05, 0) is 12.0 Å². The fraction of sp³-hybridized carbons (Fsp3) is 0.500. The summed E-state index contributed by atoms with van der Waals surface area (Å²) in [6.45, 7) is 2.93. The van der Waals surface area contributed by atoms with Crippen LogP contribution in [0.25, 0.3) is 0 Å². The van der Waals surface area contributed by atoms with E-state index >= 15 is 0 Å². The van der Waals surface area contributed by atoms with Gasteiger partial charge in [0, 0.05) is 18.4 Å². The Balaban J connectivity index is 2.60. The van der Waals surface area contributed by atoms with Gasteiger partial charge in [-0.15, -0.1) is 0 Å².